The molecule has 7 nitrogen and oxygen atoms in total. The van der Waals surface area contributed by atoms with Crippen molar-refractivity contribution >= 4 is 36.7 Å². The molecule has 0 radical (unpaired) electrons. The SMILES string of the molecule is C[SiH2]O[Si](OC(C)=O)(OC(C)=O)OC(C)=O. The molecule has 0 aromatic heterocycles. The van der Waals surface area contributed by atoms with Crippen LogP contribution in [0.2, 0.25) is 6.55 Å². The van der Waals surface area contributed by atoms with Crippen LogP contribution in [0.5, 0.6) is 0 Å². The van der Waals surface area contributed by atoms with Crippen molar-refractivity contribution in [1.82, 2.24) is 0 Å². The van der Waals surface area contributed by atoms with E-state index < -0.39 is 36.7 Å². The highest BCUT2D eigenvalue weighted by Crippen LogP contribution is 2.12. The van der Waals surface area contributed by atoms with E-state index in [1.54, 1.807) is 6.55 Å². The second-order valence-corrected chi connectivity index (χ2v) is 6.06. The lowest BCUT2D eigenvalue weighted by molar-refractivity contribution is -0.152. The van der Waals surface area contributed by atoms with E-state index in [4.69, 9.17) is 17.4 Å². The van der Waals surface area contributed by atoms with Gasteiger partial charge in [0.1, 0.15) is 0 Å². The molecule has 0 bridgehead atoms. The summed E-state index contributed by atoms with van der Waals surface area (Å²) in [7, 11) is -5.06. The zero-order chi connectivity index (χ0) is 12.8. The third kappa shape index (κ3) is 5.63. The Morgan fingerprint density at radius 3 is 1.38 bits per heavy atom. The maximum absolute atomic E-state index is 10.9. The van der Waals surface area contributed by atoms with Gasteiger partial charge in [-0.15, -0.1) is 0 Å². The van der Waals surface area contributed by atoms with Crippen LogP contribution in [0.25, 0.3) is 0 Å². The Bertz CT molecular complexity index is 250. The van der Waals surface area contributed by atoms with Crippen molar-refractivity contribution in [1.29, 1.82) is 0 Å². The minimum absolute atomic E-state index is 0.739. The molecule has 16 heavy (non-hydrogen) atoms. The van der Waals surface area contributed by atoms with Gasteiger partial charge in [0, 0.05) is 20.8 Å². The zero-order valence-electron chi connectivity index (χ0n) is 9.56. The number of carbonyl (C=O) groups excluding carboxylic acids is 3. The third-order valence-corrected chi connectivity index (χ3v) is 5.31. The van der Waals surface area contributed by atoms with Gasteiger partial charge in [-0.3, -0.25) is 14.4 Å². The Hall–Kier alpha value is -1.20. The fraction of sp³-hybridized carbons (Fsp3) is 0.571. The molecule has 0 saturated carbocycles. The van der Waals surface area contributed by atoms with E-state index in [1.165, 1.54) is 0 Å². The average molecular weight is 266 g/mol. The van der Waals surface area contributed by atoms with Gasteiger partial charge in [0.15, 0.2) is 9.76 Å². The highest BCUT2D eigenvalue weighted by molar-refractivity contribution is 6.64. The van der Waals surface area contributed by atoms with Crippen molar-refractivity contribution < 1.29 is 31.8 Å². The van der Waals surface area contributed by atoms with Crippen LogP contribution in [0.3, 0.4) is 0 Å². The molecule has 0 spiro atoms. The Morgan fingerprint density at radius 2 is 1.19 bits per heavy atom. The summed E-state index contributed by atoms with van der Waals surface area (Å²) in [6.07, 6.45) is 0. The van der Waals surface area contributed by atoms with Crippen molar-refractivity contribution in [2.75, 3.05) is 0 Å². The van der Waals surface area contributed by atoms with E-state index in [-0.39, 0.29) is 0 Å². The molecule has 0 aromatic carbocycles. The molecule has 0 saturated heterocycles. The highest BCUT2D eigenvalue weighted by Gasteiger charge is 2.56. The predicted molar refractivity (Wildman–Crippen MR) is 56.5 cm³/mol. The molecule has 9 heteroatoms. The summed E-state index contributed by atoms with van der Waals surface area (Å²) in [5, 5.41) is 0. The van der Waals surface area contributed by atoms with Crippen LogP contribution in [0.1, 0.15) is 20.8 Å². The second-order valence-electron chi connectivity index (χ2n) is 2.71. The molecule has 0 aliphatic carbocycles. The Morgan fingerprint density at radius 1 is 0.875 bits per heavy atom. The molecule has 0 unspecified atom stereocenters. The molecule has 92 valence electrons. The first kappa shape index (κ1) is 14.8. The van der Waals surface area contributed by atoms with Gasteiger partial charge in [0.05, 0.1) is 0 Å². The first-order valence-electron chi connectivity index (χ1n) is 4.54. The van der Waals surface area contributed by atoms with Crippen LogP contribution in [0, 0.1) is 0 Å². The van der Waals surface area contributed by atoms with E-state index in [0.29, 0.717) is 0 Å². The minimum atomic E-state index is -3.97. The van der Waals surface area contributed by atoms with Gasteiger partial charge < -0.3 is 17.4 Å². The van der Waals surface area contributed by atoms with Crippen molar-refractivity contribution in [3.8, 4) is 0 Å². The van der Waals surface area contributed by atoms with Crippen molar-refractivity contribution in [2.45, 2.75) is 27.3 Å². The fourth-order valence-corrected chi connectivity index (χ4v) is 4.16. The number of rotatable bonds is 5. The summed E-state index contributed by atoms with van der Waals surface area (Å²) in [6, 6.07) is 0. The summed E-state index contributed by atoms with van der Waals surface area (Å²) in [6.45, 7) is 5.04. The van der Waals surface area contributed by atoms with E-state index >= 15 is 0 Å². The lowest BCUT2D eigenvalue weighted by Gasteiger charge is -2.23. The summed E-state index contributed by atoms with van der Waals surface area (Å²) in [5.41, 5.74) is 0. The second kappa shape index (κ2) is 6.40. The van der Waals surface area contributed by atoms with E-state index in [2.05, 4.69) is 0 Å². The van der Waals surface area contributed by atoms with Crippen molar-refractivity contribution in [3.05, 3.63) is 0 Å². The number of hydrogen-bond acceptors (Lipinski definition) is 7. The molecule has 0 aliphatic rings. The van der Waals surface area contributed by atoms with E-state index in [9.17, 15) is 14.4 Å². The smallest absolute Gasteiger partial charge is 0.433 e. The first-order chi connectivity index (χ1) is 7.31. The monoisotopic (exact) mass is 266 g/mol. The maximum Gasteiger partial charge on any atom is 0.887 e. The molecule has 0 amide bonds. The van der Waals surface area contributed by atoms with Gasteiger partial charge >= 0.3 is 9.05 Å². The molecule has 0 N–H and O–H groups in total. The fourth-order valence-electron chi connectivity index (χ4n) is 0.856. The van der Waals surface area contributed by atoms with Gasteiger partial charge in [0.25, 0.3) is 17.9 Å². The summed E-state index contributed by atoms with van der Waals surface area (Å²) in [5.74, 6) is -2.22. The van der Waals surface area contributed by atoms with Crippen molar-refractivity contribution in [2.24, 2.45) is 0 Å². The zero-order valence-corrected chi connectivity index (χ0v) is 12.0. The quantitative estimate of drug-likeness (QED) is 0.605. The number of hydrogen-bond donors (Lipinski definition) is 0. The number of carbonyl (C=O) groups is 3. The summed E-state index contributed by atoms with van der Waals surface area (Å²) in [4.78, 5) is 32.6. The van der Waals surface area contributed by atoms with E-state index in [0.717, 1.165) is 20.8 Å². The van der Waals surface area contributed by atoms with Gasteiger partial charge in [-0.2, -0.15) is 0 Å². The minimum Gasteiger partial charge on any atom is -0.433 e. The molecule has 0 heterocycles. The third-order valence-electron chi connectivity index (χ3n) is 1.13. The van der Waals surface area contributed by atoms with Gasteiger partial charge in [-0.05, 0) is 0 Å². The first-order valence-corrected chi connectivity index (χ1v) is 8.16. The van der Waals surface area contributed by atoms with Crippen LogP contribution in [-0.4, -0.2) is 36.7 Å². The standard InChI is InChI=1S/C7H14O7Si2/c1-5(8)11-16(14-15-4,12-6(2)9)13-7(3)10/h15H2,1-4H3. The Balaban J connectivity index is 4.93. The molecule has 0 aromatic rings. The van der Waals surface area contributed by atoms with Gasteiger partial charge in [-0.1, -0.05) is 6.55 Å². The Labute approximate surface area is 96.4 Å². The topological polar surface area (TPSA) is 88.1 Å². The molecule has 0 rings (SSSR count). The Kier molecular flexibility index (Phi) is 5.92. The molecule has 0 atom stereocenters. The molecular weight excluding hydrogens is 252 g/mol. The summed E-state index contributed by atoms with van der Waals surface area (Å²) < 4.78 is 19.3. The largest absolute Gasteiger partial charge is 0.887 e. The van der Waals surface area contributed by atoms with Crippen LogP contribution >= 0.6 is 0 Å². The highest BCUT2D eigenvalue weighted by atomic mass is 28.4. The van der Waals surface area contributed by atoms with Crippen LogP contribution in [0.4, 0.5) is 0 Å². The normalized spacial score (nSPS) is 11.2. The van der Waals surface area contributed by atoms with Crippen molar-refractivity contribution in [3.63, 3.8) is 0 Å². The molecule has 0 fully saturated rings. The molecular formula is C7H14O7Si2. The van der Waals surface area contributed by atoms with Crippen LogP contribution in [0.15, 0.2) is 0 Å². The maximum atomic E-state index is 10.9. The average Bonchev–Trinajstić information content (AvgIpc) is 1.98. The van der Waals surface area contributed by atoms with Gasteiger partial charge in [-0.25, -0.2) is 0 Å². The van der Waals surface area contributed by atoms with Crippen LogP contribution in [-0.2, 0) is 31.8 Å². The lowest BCUT2D eigenvalue weighted by atomic mass is 10.9. The molecule has 0 aliphatic heterocycles. The summed E-state index contributed by atoms with van der Waals surface area (Å²) >= 11 is 0. The van der Waals surface area contributed by atoms with Crippen LogP contribution < -0.4 is 0 Å². The predicted octanol–water partition coefficient (Wildman–Crippen LogP) is -0.740. The lowest BCUT2D eigenvalue weighted by Crippen LogP contribution is -2.52. The van der Waals surface area contributed by atoms with Gasteiger partial charge in [0.2, 0.25) is 0 Å². The van der Waals surface area contributed by atoms with E-state index in [1.807, 2.05) is 0 Å².